The molecule has 0 fully saturated rings. The maximum absolute atomic E-state index is 9.63. The molecule has 5 aromatic carbocycles. The SMILES string of the molecule is [2H]c1c([2H])c([2H])c2c(c1[2H])Oc1c([2H])c(-c3c([2H])c([2H])c([2H])c([2H])c3-n3c4c([2H])c([2H])c([2H])c([2H])c4c4c([2H])c([2H])c([2H])c([2H])c43)nc3c1B2c1c([2H])c([2H])c([2H])c(C)c1O3. The number of hydrogen-bond acceptors (Lipinski definition) is 3. The largest absolute Gasteiger partial charge is 0.458 e. The molecule has 4 nitrogen and oxygen atoms in total. The highest BCUT2D eigenvalue weighted by atomic mass is 16.5. The molecule has 7 aromatic rings. The van der Waals surface area contributed by atoms with E-state index < -0.39 is 184 Å². The highest BCUT2D eigenvalue weighted by molar-refractivity contribution is 6.98. The Labute approximate surface area is 265 Å². The van der Waals surface area contributed by atoms with Crippen molar-refractivity contribution in [3.05, 3.63) is 126 Å². The maximum Gasteiger partial charge on any atom is 0.262 e. The molecule has 0 aliphatic carbocycles. The summed E-state index contributed by atoms with van der Waals surface area (Å²) in [6.07, 6.45) is 0. The van der Waals surface area contributed by atoms with Gasteiger partial charge in [0, 0.05) is 27.8 Å². The third kappa shape index (κ3) is 3.14. The van der Waals surface area contributed by atoms with Crippen LogP contribution in [0.3, 0.4) is 0 Å². The van der Waals surface area contributed by atoms with E-state index in [0.717, 1.165) is 4.57 Å². The number of nitrogens with zero attached hydrogens (tertiary/aromatic N) is 2. The van der Waals surface area contributed by atoms with E-state index in [0.29, 0.717) is 0 Å². The summed E-state index contributed by atoms with van der Waals surface area (Å²) in [5.74, 6) is -1.59. The zero-order valence-electron chi connectivity index (χ0n) is 40.8. The number of fused-ring (bicyclic) bond motifs is 7. The van der Waals surface area contributed by atoms with Crippen LogP contribution in [-0.2, 0) is 0 Å². The first-order valence-corrected chi connectivity index (χ1v) is 12.3. The second kappa shape index (κ2) is 8.36. The number of rotatable bonds is 2. The van der Waals surface area contributed by atoms with E-state index in [1.807, 2.05) is 0 Å². The fourth-order valence-electron chi connectivity index (χ4n) is 5.35. The van der Waals surface area contributed by atoms with Gasteiger partial charge in [0.25, 0.3) is 6.71 Å². The van der Waals surface area contributed by atoms with E-state index in [9.17, 15) is 4.11 Å². The summed E-state index contributed by atoms with van der Waals surface area (Å²) < 4.78 is 189. The van der Waals surface area contributed by atoms with E-state index in [2.05, 4.69) is 4.98 Å². The molecule has 0 spiro atoms. The zero-order chi connectivity index (χ0) is 44.5. The van der Waals surface area contributed by atoms with Gasteiger partial charge < -0.3 is 14.0 Å². The van der Waals surface area contributed by atoms with Gasteiger partial charge in [-0.1, -0.05) is 90.6 Å². The molecule has 2 aliphatic rings. The van der Waals surface area contributed by atoms with Gasteiger partial charge in [0.15, 0.2) is 0 Å². The van der Waals surface area contributed by atoms with Crippen LogP contribution in [0.4, 0.5) is 0 Å². The average molecular weight is 547 g/mol. The lowest BCUT2D eigenvalue weighted by Crippen LogP contribution is -2.57. The number of aromatic nitrogens is 2. The van der Waals surface area contributed by atoms with Crippen molar-refractivity contribution in [2.24, 2.45) is 0 Å². The van der Waals surface area contributed by atoms with Crippen molar-refractivity contribution in [2.75, 3.05) is 0 Å². The van der Waals surface area contributed by atoms with Crippen LogP contribution in [0.15, 0.2) is 121 Å². The van der Waals surface area contributed by atoms with E-state index >= 15 is 0 Å². The Kier molecular flexibility index (Phi) is 2.16. The minimum Gasteiger partial charge on any atom is -0.458 e. The Balaban J connectivity index is 1.49. The van der Waals surface area contributed by atoms with Crippen LogP contribution in [-0.4, -0.2) is 16.3 Å². The van der Waals surface area contributed by atoms with E-state index in [-0.39, 0.29) is 27.7 Å². The molecule has 0 saturated carbocycles. The molecule has 9 rings (SSSR count). The maximum atomic E-state index is 9.63. The lowest BCUT2D eigenvalue weighted by molar-refractivity contribution is 0.449. The van der Waals surface area contributed by atoms with E-state index in [1.54, 1.807) is 0 Å². The molecule has 192 valence electrons. The molecule has 0 radical (unpaired) electrons. The first-order chi connectivity index (χ1) is 28.6. The number of benzene rings is 5. The van der Waals surface area contributed by atoms with Crippen LogP contribution in [0.25, 0.3) is 38.8 Å². The monoisotopic (exact) mass is 546 g/mol. The summed E-state index contributed by atoms with van der Waals surface area (Å²) >= 11 is 0. The molecular formula is C36H23BN2O2. The van der Waals surface area contributed by atoms with Crippen LogP contribution in [0.5, 0.6) is 23.1 Å². The number of hydrogen-bond donors (Lipinski definition) is 0. The third-order valence-corrected chi connectivity index (χ3v) is 7.06. The smallest absolute Gasteiger partial charge is 0.262 e. The molecule has 0 unspecified atom stereocenters. The molecule has 0 N–H and O–H groups in total. The van der Waals surface area contributed by atoms with Crippen LogP contribution in [0.2, 0.25) is 0 Å². The Morgan fingerprint density at radius 2 is 1.37 bits per heavy atom. The minimum absolute atomic E-state index is 0.0336. The summed E-state index contributed by atoms with van der Waals surface area (Å²) in [6, 6.07) is -14.5. The second-order valence-corrected chi connectivity index (χ2v) is 9.26. The highest BCUT2D eigenvalue weighted by Gasteiger charge is 2.41. The highest BCUT2D eigenvalue weighted by Crippen LogP contribution is 2.40. The summed E-state index contributed by atoms with van der Waals surface area (Å²) in [4.78, 5) is 4.60. The van der Waals surface area contributed by atoms with Crippen LogP contribution in [0.1, 0.15) is 33.0 Å². The standard InChI is InChI=1S/C36H23BN2O2/c1-22-11-10-16-27-35(22)41-36-34-33(40-32-20-9-5-15-26(32)37(27)34)21-28(38-36)25-14-4-8-19-31(25)39-29-17-6-2-12-23(29)24-13-3-7-18-30(24)39/h2-21H,1H3/i2D,3D,4D,5D,6D,7D,8D,9D,10D,11D,12D,13D,14D,15D,16D,17D,18D,19D,20D,21D. The molecule has 0 bridgehead atoms. The molecule has 41 heavy (non-hydrogen) atoms. The number of pyridine rings is 1. The molecule has 0 saturated heterocycles. The Bertz CT molecular complexity index is 3200. The van der Waals surface area contributed by atoms with Gasteiger partial charge in [0.1, 0.15) is 17.2 Å². The Morgan fingerprint density at radius 1 is 0.683 bits per heavy atom. The lowest BCUT2D eigenvalue weighted by atomic mass is 9.35. The van der Waals surface area contributed by atoms with Crippen molar-refractivity contribution in [3.63, 3.8) is 0 Å². The van der Waals surface area contributed by atoms with Crippen LogP contribution < -0.4 is 25.9 Å². The first kappa shape index (κ1) is 10.6. The van der Waals surface area contributed by atoms with Crippen molar-refractivity contribution in [2.45, 2.75) is 6.92 Å². The normalized spacial score (nSPS) is 19.7. The second-order valence-electron chi connectivity index (χ2n) is 9.26. The van der Waals surface area contributed by atoms with Gasteiger partial charge in [-0.3, -0.25) is 0 Å². The quantitative estimate of drug-likeness (QED) is 0.222. The van der Waals surface area contributed by atoms with Gasteiger partial charge in [-0.25, -0.2) is 4.98 Å². The minimum atomic E-state index is -1.41. The molecule has 5 heteroatoms. The molecule has 0 amide bonds. The molecule has 2 aromatic heterocycles. The predicted octanol–water partition coefficient (Wildman–Crippen LogP) is 6.88. The van der Waals surface area contributed by atoms with Gasteiger partial charge in [-0.2, -0.15) is 0 Å². The van der Waals surface area contributed by atoms with Crippen molar-refractivity contribution in [1.29, 1.82) is 0 Å². The summed E-state index contributed by atoms with van der Waals surface area (Å²) in [5, 5.41) is -0.797. The summed E-state index contributed by atoms with van der Waals surface area (Å²) in [7, 11) is 0. The van der Waals surface area contributed by atoms with Crippen LogP contribution >= 0.6 is 0 Å². The van der Waals surface area contributed by atoms with Crippen molar-refractivity contribution >= 4 is 44.9 Å². The third-order valence-electron chi connectivity index (χ3n) is 7.06. The van der Waals surface area contributed by atoms with Gasteiger partial charge in [-0.15, -0.1) is 0 Å². The van der Waals surface area contributed by atoms with Gasteiger partial charge >= 0.3 is 0 Å². The molecule has 0 atom stereocenters. The lowest BCUT2D eigenvalue weighted by Gasteiger charge is -2.33. The summed E-state index contributed by atoms with van der Waals surface area (Å²) in [6.45, 7) is 0.0104. The van der Waals surface area contributed by atoms with Gasteiger partial charge in [-0.05, 0) is 47.6 Å². The fraction of sp³-hybridized carbons (Fsp3) is 0.0278. The first-order valence-electron chi connectivity index (χ1n) is 22.3. The van der Waals surface area contributed by atoms with Gasteiger partial charge in [0.2, 0.25) is 5.88 Å². The fourth-order valence-corrected chi connectivity index (χ4v) is 5.35. The summed E-state index contributed by atoms with van der Waals surface area (Å²) in [5.41, 5.74) is -3.32. The molecular weight excluding hydrogens is 503 g/mol. The van der Waals surface area contributed by atoms with Crippen LogP contribution in [0, 0.1) is 6.92 Å². The van der Waals surface area contributed by atoms with Crippen molar-refractivity contribution < 1.29 is 36.9 Å². The topological polar surface area (TPSA) is 36.3 Å². The number of ether oxygens (including phenoxy) is 2. The molecule has 4 heterocycles. The Hall–Kier alpha value is -5.29. The van der Waals surface area contributed by atoms with E-state index in [4.69, 9.17) is 32.8 Å². The van der Waals surface area contributed by atoms with Crippen molar-refractivity contribution in [3.8, 4) is 40.1 Å². The Morgan fingerprint density at radius 3 is 2.20 bits per heavy atom. The predicted molar refractivity (Wildman–Crippen MR) is 166 cm³/mol. The van der Waals surface area contributed by atoms with E-state index in [1.165, 1.54) is 6.92 Å². The zero-order valence-corrected chi connectivity index (χ0v) is 20.8. The van der Waals surface area contributed by atoms with Gasteiger partial charge in [0.05, 0.1) is 49.8 Å². The number of para-hydroxylation sites is 5. The molecule has 2 aliphatic heterocycles. The average Bonchev–Trinajstić information content (AvgIpc) is 3.60. The van der Waals surface area contributed by atoms with Crippen molar-refractivity contribution in [1.82, 2.24) is 9.55 Å².